The third kappa shape index (κ3) is 5.22. The third-order valence-corrected chi connectivity index (χ3v) is 3.90. The van der Waals surface area contributed by atoms with Gasteiger partial charge in [-0.1, -0.05) is 11.6 Å². The van der Waals surface area contributed by atoms with E-state index in [1.807, 2.05) is 6.92 Å². The number of carbonyl (C=O) groups excluding carboxylic acids is 2. The molecule has 0 bridgehead atoms. The zero-order chi connectivity index (χ0) is 18.4. The summed E-state index contributed by atoms with van der Waals surface area (Å²) in [5.41, 5.74) is 1.88. The Labute approximate surface area is 151 Å². The molecular formula is C19H20ClNO4. The highest BCUT2D eigenvalue weighted by atomic mass is 35.5. The first kappa shape index (κ1) is 18.8. The first-order valence-electron chi connectivity index (χ1n) is 7.91. The van der Waals surface area contributed by atoms with E-state index in [0.717, 1.165) is 5.56 Å². The van der Waals surface area contributed by atoms with Crippen LogP contribution in [0.2, 0.25) is 5.02 Å². The van der Waals surface area contributed by atoms with E-state index in [4.69, 9.17) is 21.1 Å². The van der Waals surface area contributed by atoms with Crippen LogP contribution in [-0.2, 0) is 9.53 Å². The van der Waals surface area contributed by atoms with Gasteiger partial charge in [0.2, 0.25) is 0 Å². The summed E-state index contributed by atoms with van der Waals surface area (Å²) in [4.78, 5) is 23.8. The molecule has 1 amide bonds. The van der Waals surface area contributed by atoms with Gasteiger partial charge >= 0.3 is 5.97 Å². The molecule has 2 aromatic rings. The maximum absolute atomic E-state index is 12.2. The Bertz CT molecular complexity index is 759. The standard InChI is InChI=1S/C19H20ClNO4/c1-4-24-19(23)14-5-7-15(8-6-14)21-18(22)13(3)25-16-9-10-17(20)12(2)11-16/h5-11,13H,4H2,1-3H3,(H,21,22)/t13-/m1/s1. The fourth-order valence-corrected chi connectivity index (χ4v) is 2.21. The van der Waals surface area contributed by atoms with Crippen LogP contribution in [-0.4, -0.2) is 24.6 Å². The number of rotatable bonds is 6. The molecule has 0 saturated heterocycles. The Morgan fingerprint density at radius 2 is 1.84 bits per heavy atom. The Kier molecular flexibility index (Phi) is 6.42. The Morgan fingerprint density at radius 1 is 1.16 bits per heavy atom. The van der Waals surface area contributed by atoms with Crippen LogP contribution in [0.3, 0.4) is 0 Å². The van der Waals surface area contributed by atoms with E-state index in [1.165, 1.54) is 0 Å². The number of aryl methyl sites for hydroxylation is 1. The van der Waals surface area contributed by atoms with Crippen molar-refractivity contribution in [3.05, 3.63) is 58.6 Å². The summed E-state index contributed by atoms with van der Waals surface area (Å²) >= 11 is 5.97. The Morgan fingerprint density at radius 3 is 2.44 bits per heavy atom. The van der Waals surface area contributed by atoms with E-state index < -0.39 is 12.1 Å². The molecule has 2 aromatic carbocycles. The smallest absolute Gasteiger partial charge is 0.338 e. The van der Waals surface area contributed by atoms with Crippen molar-refractivity contribution < 1.29 is 19.1 Å². The fraction of sp³-hybridized carbons (Fsp3) is 0.263. The first-order chi connectivity index (χ1) is 11.9. The zero-order valence-electron chi connectivity index (χ0n) is 14.3. The second-order valence-electron chi connectivity index (χ2n) is 5.46. The number of esters is 1. The van der Waals surface area contributed by atoms with Crippen LogP contribution in [0.1, 0.15) is 29.8 Å². The van der Waals surface area contributed by atoms with Crippen LogP contribution >= 0.6 is 11.6 Å². The number of ether oxygens (including phenoxy) is 2. The molecule has 1 atom stereocenters. The molecule has 2 rings (SSSR count). The number of halogens is 1. The van der Waals surface area contributed by atoms with E-state index in [-0.39, 0.29) is 5.91 Å². The third-order valence-electron chi connectivity index (χ3n) is 3.48. The molecule has 0 aliphatic rings. The highest BCUT2D eigenvalue weighted by Crippen LogP contribution is 2.22. The molecule has 0 spiro atoms. The molecule has 0 unspecified atom stereocenters. The predicted octanol–water partition coefficient (Wildman–Crippen LogP) is 4.23. The topological polar surface area (TPSA) is 64.6 Å². The average Bonchev–Trinajstić information content (AvgIpc) is 2.59. The minimum Gasteiger partial charge on any atom is -0.481 e. The second-order valence-corrected chi connectivity index (χ2v) is 5.87. The average molecular weight is 362 g/mol. The minimum absolute atomic E-state index is 0.295. The van der Waals surface area contributed by atoms with E-state index in [0.29, 0.717) is 28.6 Å². The lowest BCUT2D eigenvalue weighted by atomic mass is 10.2. The molecule has 1 N–H and O–H groups in total. The molecule has 6 heteroatoms. The number of anilines is 1. The van der Waals surface area contributed by atoms with Crippen molar-refractivity contribution in [3.8, 4) is 5.75 Å². The number of benzene rings is 2. The van der Waals surface area contributed by atoms with Crippen molar-refractivity contribution >= 4 is 29.2 Å². The molecule has 0 saturated carbocycles. The van der Waals surface area contributed by atoms with Gasteiger partial charge in [0.25, 0.3) is 5.91 Å². The van der Waals surface area contributed by atoms with Crippen LogP contribution < -0.4 is 10.1 Å². The van der Waals surface area contributed by atoms with Crippen molar-refractivity contribution in [2.24, 2.45) is 0 Å². The molecule has 0 radical (unpaired) electrons. The number of carbonyl (C=O) groups is 2. The normalized spacial score (nSPS) is 11.5. The molecule has 0 aromatic heterocycles. The van der Waals surface area contributed by atoms with Crippen LogP contribution in [0.25, 0.3) is 0 Å². The molecule has 0 fully saturated rings. The molecular weight excluding hydrogens is 342 g/mol. The number of hydrogen-bond acceptors (Lipinski definition) is 4. The van der Waals surface area contributed by atoms with Crippen molar-refractivity contribution in [1.82, 2.24) is 0 Å². The summed E-state index contributed by atoms with van der Waals surface area (Å²) in [5, 5.41) is 3.39. The van der Waals surface area contributed by atoms with Gasteiger partial charge in [0.15, 0.2) is 6.10 Å². The lowest BCUT2D eigenvalue weighted by Crippen LogP contribution is -2.30. The summed E-state index contributed by atoms with van der Waals surface area (Å²) in [7, 11) is 0. The maximum atomic E-state index is 12.2. The second kappa shape index (κ2) is 8.53. The van der Waals surface area contributed by atoms with Crippen molar-refractivity contribution in [3.63, 3.8) is 0 Å². The van der Waals surface area contributed by atoms with Gasteiger partial charge in [-0.3, -0.25) is 4.79 Å². The highest BCUT2D eigenvalue weighted by Gasteiger charge is 2.15. The quantitative estimate of drug-likeness (QED) is 0.782. The van der Waals surface area contributed by atoms with E-state index in [1.54, 1.807) is 56.3 Å². The number of amides is 1. The van der Waals surface area contributed by atoms with Crippen LogP contribution in [0, 0.1) is 6.92 Å². The monoisotopic (exact) mass is 361 g/mol. The predicted molar refractivity (Wildman–Crippen MR) is 97.3 cm³/mol. The van der Waals surface area contributed by atoms with E-state index in [2.05, 4.69) is 5.32 Å². The Balaban J connectivity index is 1.96. The van der Waals surface area contributed by atoms with Gasteiger partial charge in [-0.25, -0.2) is 4.79 Å². The van der Waals surface area contributed by atoms with Gasteiger partial charge in [-0.2, -0.15) is 0 Å². The lowest BCUT2D eigenvalue weighted by Gasteiger charge is -2.15. The van der Waals surface area contributed by atoms with E-state index in [9.17, 15) is 9.59 Å². The largest absolute Gasteiger partial charge is 0.481 e. The molecule has 5 nitrogen and oxygen atoms in total. The van der Waals surface area contributed by atoms with Gasteiger partial charge in [0, 0.05) is 10.7 Å². The lowest BCUT2D eigenvalue weighted by molar-refractivity contribution is -0.122. The van der Waals surface area contributed by atoms with E-state index >= 15 is 0 Å². The van der Waals surface area contributed by atoms with Gasteiger partial charge in [0.1, 0.15) is 5.75 Å². The highest BCUT2D eigenvalue weighted by molar-refractivity contribution is 6.31. The van der Waals surface area contributed by atoms with Crippen LogP contribution in [0.4, 0.5) is 5.69 Å². The van der Waals surface area contributed by atoms with Gasteiger partial charge < -0.3 is 14.8 Å². The fourth-order valence-electron chi connectivity index (χ4n) is 2.10. The summed E-state index contributed by atoms with van der Waals surface area (Å²) < 4.78 is 10.5. The molecule has 0 aliphatic heterocycles. The molecule has 132 valence electrons. The molecule has 0 heterocycles. The van der Waals surface area contributed by atoms with Crippen molar-refractivity contribution in [1.29, 1.82) is 0 Å². The molecule has 25 heavy (non-hydrogen) atoms. The van der Waals surface area contributed by atoms with Gasteiger partial charge in [-0.15, -0.1) is 0 Å². The van der Waals surface area contributed by atoms with Gasteiger partial charge in [-0.05, 0) is 68.8 Å². The van der Waals surface area contributed by atoms with Crippen molar-refractivity contribution in [2.75, 3.05) is 11.9 Å². The first-order valence-corrected chi connectivity index (χ1v) is 8.29. The summed E-state index contributed by atoms with van der Waals surface area (Å²) in [5.74, 6) is -0.117. The van der Waals surface area contributed by atoms with Gasteiger partial charge in [0.05, 0.1) is 12.2 Å². The Hall–Kier alpha value is -2.53. The summed E-state index contributed by atoms with van der Waals surface area (Å²) in [6.45, 7) is 5.59. The SMILES string of the molecule is CCOC(=O)c1ccc(NC(=O)[C@@H](C)Oc2ccc(Cl)c(C)c2)cc1. The summed E-state index contributed by atoms with van der Waals surface area (Å²) in [6, 6.07) is 11.7. The number of nitrogens with one attached hydrogen (secondary N) is 1. The van der Waals surface area contributed by atoms with Crippen LogP contribution in [0.5, 0.6) is 5.75 Å². The molecule has 0 aliphatic carbocycles. The summed E-state index contributed by atoms with van der Waals surface area (Å²) in [6.07, 6.45) is -0.690. The number of hydrogen-bond donors (Lipinski definition) is 1. The maximum Gasteiger partial charge on any atom is 0.338 e. The van der Waals surface area contributed by atoms with Crippen LogP contribution in [0.15, 0.2) is 42.5 Å². The zero-order valence-corrected chi connectivity index (χ0v) is 15.1. The van der Waals surface area contributed by atoms with Crippen molar-refractivity contribution in [2.45, 2.75) is 26.9 Å². The minimum atomic E-state index is -0.690.